The van der Waals surface area contributed by atoms with E-state index in [2.05, 4.69) is 18.3 Å². The van der Waals surface area contributed by atoms with Crippen molar-refractivity contribution in [3.8, 4) is 11.5 Å². The van der Waals surface area contributed by atoms with E-state index >= 15 is 0 Å². The van der Waals surface area contributed by atoms with Crippen molar-refractivity contribution in [2.45, 2.75) is 45.2 Å². The molecule has 18 heavy (non-hydrogen) atoms. The van der Waals surface area contributed by atoms with E-state index in [1.807, 2.05) is 12.1 Å². The van der Waals surface area contributed by atoms with Crippen molar-refractivity contribution in [3.05, 3.63) is 23.8 Å². The summed E-state index contributed by atoms with van der Waals surface area (Å²) in [4.78, 5) is 0. The number of hydrogen-bond donors (Lipinski definition) is 1. The maximum atomic E-state index is 5.52. The van der Waals surface area contributed by atoms with Crippen LogP contribution < -0.4 is 14.8 Å². The summed E-state index contributed by atoms with van der Waals surface area (Å²) in [6.45, 7) is 3.59. The molecule has 2 aliphatic rings. The summed E-state index contributed by atoms with van der Waals surface area (Å²) in [5.41, 5.74) is 1.21. The van der Waals surface area contributed by atoms with Gasteiger partial charge in [0.2, 0.25) is 6.79 Å². The highest BCUT2D eigenvalue weighted by atomic mass is 16.7. The second kappa shape index (κ2) is 5.19. The van der Waals surface area contributed by atoms with E-state index in [1.165, 1.54) is 31.2 Å². The van der Waals surface area contributed by atoms with Crippen molar-refractivity contribution in [3.63, 3.8) is 0 Å². The molecule has 0 bridgehead atoms. The highest BCUT2D eigenvalue weighted by Crippen LogP contribution is 2.35. The lowest BCUT2D eigenvalue weighted by Crippen LogP contribution is -2.32. The third kappa shape index (κ3) is 2.46. The number of rotatable bonds is 3. The molecular weight excluding hydrogens is 226 g/mol. The normalized spacial score (nSPS) is 26.3. The van der Waals surface area contributed by atoms with Crippen LogP contribution >= 0.6 is 0 Å². The zero-order valence-corrected chi connectivity index (χ0v) is 10.9. The Morgan fingerprint density at radius 2 is 2.00 bits per heavy atom. The van der Waals surface area contributed by atoms with Gasteiger partial charge >= 0.3 is 0 Å². The van der Waals surface area contributed by atoms with E-state index < -0.39 is 0 Å². The second-order valence-electron chi connectivity index (χ2n) is 5.49. The molecule has 1 N–H and O–H groups in total. The summed E-state index contributed by atoms with van der Waals surface area (Å²) in [6.07, 6.45) is 5.30. The molecule has 1 heterocycles. The van der Waals surface area contributed by atoms with E-state index in [1.54, 1.807) is 0 Å². The van der Waals surface area contributed by atoms with Crippen LogP contribution in [0.25, 0.3) is 0 Å². The Kier molecular flexibility index (Phi) is 3.41. The lowest BCUT2D eigenvalue weighted by atomic mass is 9.87. The van der Waals surface area contributed by atoms with Gasteiger partial charge in [-0.25, -0.2) is 0 Å². The number of para-hydroxylation sites is 1. The maximum absolute atomic E-state index is 5.52. The highest BCUT2D eigenvalue weighted by Gasteiger charge is 2.20. The molecule has 0 aromatic heterocycles. The smallest absolute Gasteiger partial charge is 0.231 e. The van der Waals surface area contributed by atoms with Crippen LogP contribution in [-0.2, 0) is 6.54 Å². The fourth-order valence-electron chi connectivity index (χ4n) is 2.85. The third-order valence-corrected chi connectivity index (χ3v) is 4.08. The first kappa shape index (κ1) is 11.8. The van der Waals surface area contributed by atoms with Gasteiger partial charge < -0.3 is 14.8 Å². The number of benzene rings is 1. The van der Waals surface area contributed by atoms with Crippen LogP contribution in [0.5, 0.6) is 11.5 Å². The highest BCUT2D eigenvalue weighted by molar-refractivity contribution is 5.48. The molecule has 98 valence electrons. The standard InChI is InChI=1S/C15H21NO2/c1-11-5-7-13(8-6-11)16-9-12-3-2-4-14-15(12)18-10-17-14/h2-4,11,13,16H,5-10H2,1H3. The Morgan fingerprint density at radius 1 is 1.17 bits per heavy atom. The molecule has 0 saturated heterocycles. The quantitative estimate of drug-likeness (QED) is 0.890. The predicted octanol–water partition coefficient (Wildman–Crippen LogP) is 3.08. The Bertz CT molecular complexity index is 411. The summed E-state index contributed by atoms with van der Waals surface area (Å²) in [6, 6.07) is 6.78. The van der Waals surface area contributed by atoms with Crippen molar-refractivity contribution in [2.75, 3.05) is 6.79 Å². The van der Waals surface area contributed by atoms with Crippen molar-refractivity contribution >= 4 is 0 Å². The van der Waals surface area contributed by atoms with Gasteiger partial charge in [-0.2, -0.15) is 0 Å². The molecule has 1 saturated carbocycles. The molecule has 0 amide bonds. The largest absolute Gasteiger partial charge is 0.454 e. The Labute approximate surface area is 108 Å². The molecule has 3 heteroatoms. The first-order valence-electron chi connectivity index (χ1n) is 6.94. The third-order valence-electron chi connectivity index (χ3n) is 4.08. The number of hydrogen-bond acceptors (Lipinski definition) is 3. The van der Waals surface area contributed by atoms with Crippen LogP contribution in [0.3, 0.4) is 0 Å². The zero-order valence-electron chi connectivity index (χ0n) is 10.9. The Balaban J connectivity index is 1.59. The van der Waals surface area contributed by atoms with Crippen molar-refractivity contribution in [2.24, 2.45) is 5.92 Å². The van der Waals surface area contributed by atoms with Gasteiger partial charge in [0, 0.05) is 18.2 Å². The average Bonchev–Trinajstić information content (AvgIpc) is 2.87. The van der Waals surface area contributed by atoms with Gasteiger partial charge in [-0.1, -0.05) is 19.1 Å². The first-order chi connectivity index (χ1) is 8.83. The van der Waals surface area contributed by atoms with E-state index in [-0.39, 0.29) is 0 Å². The maximum Gasteiger partial charge on any atom is 0.231 e. The fraction of sp³-hybridized carbons (Fsp3) is 0.600. The van der Waals surface area contributed by atoms with E-state index in [0.29, 0.717) is 12.8 Å². The van der Waals surface area contributed by atoms with Crippen LogP contribution in [0.4, 0.5) is 0 Å². The van der Waals surface area contributed by atoms with Crippen LogP contribution in [0, 0.1) is 5.92 Å². The van der Waals surface area contributed by atoms with Gasteiger partial charge in [-0.3, -0.25) is 0 Å². The van der Waals surface area contributed by atoms with Gasteiger partial charge in [0.05, 0.1) is 0 Å². The molecule has 0 spiro atoms. The topological polar surface area (TPSA) is 30.5 Å². The van der Waals surface area contributed by atoms with E-state index in [4.69, 9.17) is 9.47 Å². The molecule has 0 unspecified atom stereocenters. The molecule has 0 radical (unpaired) electrons. The Morgan fingerprint density at radius 3 is 2.83 bits per heavy atom. The number of nitrogens with one attached hydrogen (secondary N) is 1. The second-order valence-corrected chi connectivity index (χ2v) is 5.49. The Hall–Kier alpha value is -1.22. The molecule has 1 aliphatic heterocycles. The van der Waals surface area contributed by atoms with Crippen molar-refractivity contribution in [1.82, 2.24) is 5.32 Å². The van der Waals surface area contributed by atoms with Crippen molar-refractivity contribution < 1.29 is 9.47 Å². The monoisotopic (exact) mass is 247 g/mol. The summed E-state index contributed by atoms with van der Waals surface area (Å²) >= 11 is 0. The molecule has 1 aromatic carbocycles. The van der Waals surface area contributed by atoms with Gasteiger partial charge in [-0.05, 0) is 37.7 Å². The molecular formula is C15H21NO2. The molecule has 0 atom stereocenters. The van der Waals surface area contributed by atoms with Crippen LogP contribution in [0.2, 0.25) is 0 Å². The number of ether oxygens (including phenoxy) is 2. The van der Waals surface area contributed by atoms with Gasteiger partial charge in [-0.15, -0.1) is 0 Å². The minimum absolute atomic E-state index is 0.354. The molecule has 1 fully saturated rings. The minimum Gasteiger partial charge on any atom is -0.454 e. The van der Waals surface area contributed by atoms with Crippen molar-refractivity contribution in [1.29, 1.82) is 0 Å². The van der Waals surface area contributed by atoms with Crippen LogP contribution in [0.15, 0.2) is 18.2 Å². The fourth-order valence-corrected chi connectivity index (χ4v) is 2.85. The molecule has 3 rings (SSSR count). The zero-order chi connectivity index (χ0) is 12.4. The summed E-state index contributed by atoms with van der Waals surface area (Å²) in [5, 5.41) is 3.65. The van der Waals surface area contributed by atoms with Gasteiger partial charge in [0.15, 0.2) is 11.5 Å². The van der Waals surface area contributed by atoms with Crippen LogP contribution in [0.1, 0.15) is 38.2 Å². The minimum atomic E-state index is 0.354. The lowest BCUT2D eigenvalue weighted by Gasteiger charge is -2.27. The summed E-state index contributed by atoms with van der Waals surface area (Å²) < 4.78 is 10.9. The van der Waals surface area contributed by atoms with Gasteiger partial charge in [0.1, 0.15) is 0 Å². The molecule has 1 aliphatic carbocycles. The summed E-state index contributed by atoms with van der Waals surface area (Å²) in [7, 11) is 0. The SMILES string of the molecule is CC1CCC(NCc2cccc3c2OCO3)CC1. The first-order valence-corrected chi connectivity index (χ1v) is 6.94. The predicted molar refractivity (Wildman–Crippen MR) is 70.8 cm³/mol. The molecule has 1 aromatic rings. The van der Waals surface area contributed by atoms with E-state index in [9.17, 15) is 0 Å². The number of fused-ring (bicyclic) bond motifs is 1. The lowest BCUT2D eigenvalue weighted by molar-refractivity contribution is 0.173. The average molecular weight is 247 g/mol. The van der Waals surface area contributed by atoms with Gasteiger partial charge in [0.25, 0.3) is 0 Å². The molecule has 3 nitrogen and oxygen atoms in total. The van der Waals surface area contributed by atoms with Crippen LogP contribution in [-0.4, -0.2) is 12.8 Å². The van der Waals surface area contributed by atoms with E-state index in [0.717, 1.165) is 24.0 Å². The summed E-state index contributed by atoms with van der Waals surface area (Å²) in [5.74, 6) is 2.71.